The third-order valence-corrected chi connectivity index (χ3v) is 3.85. The molecule has 0 aromatic rings. The van der Waals surface area contributed by atoms with Gasteiger partial charge in [0.15, 0.2) is 0 Å². The molecule has 1 N–H and O–H groups in total. The normalized spacial score (nSPS) is 50.4. The molecule has 88 valence electrons. The SMILES string of the molecule is CO[C@]12C[C@@H](CC[C@@H]1C)[C@](C)(OO)OO2. The van der Waals surface area contributed by atoms with Crippen molar-refractivity contribution in [1.29, 1.82) is 0 Å². The third kappa shape index (κ3) is 1.59. The van der Waals surface area contributed by atoms with Gasteiger partial charge in [-0.1, -0.05) is 6.92 Å². The summed E-state index contributed by atoms with van der Waals surface area (Å²) in [6.45, 7) is 3.75. The van der Waals surface area contributed by atoms with E-state index in [1.807, 2.05) is 0 Å². The summed E-state index contributed by atoms with van der Waals surface area (Å²) in [4.78, 5) is 14.8. The van der Waals surface area contributed by atoms with Gasteiger partial charge in [0.1, 0.15) is 0 Å². The average Bonchev–Trinajstić information content (AvgIpc) is 2.28. The molecule has 0 aromatic heterocycles. The van der Waals surface area contributed by atoms with Gasteiger partial charge in [-0.15, -0.1) is 0 Å². The molecular formula is C10H18O5. The van der Waals surface area contributed by atoms with E-state index < -0.39 is 11.6 Å². The van der Waals surface area contributed by atoms with Crippen molar-refractivity contribution < 1.29 is 24.7 Å². The number of hydrogen-bond acceptors (Lipinski definition) is 5. The Morgan fingerprint density at radius 2 is 2.07 bits per heavy atom. The van der Waals surface area contributed by atoms with E-state index in [0.29, 0.717) is 6.42 Å². The minimum atomic E-state index is -1.07. The topological polar surface area (TPSA) is 57.2 Å². The molecule has 0 amide bonds. The highest BCUT2D eigenvalue weighted by molar-refractivity contribution is 4.92. The number of ether oxygens (including phenoxy) is 1. The third-order valence-electron chi connectivity index (χ3n) is 3.85. The molecule has 2 aliphatic rings. The molecule has 1 heterocycles. The van der Waals surface area contributed by atoms with Gasteiger partial charge in [-0.2, -0.15) is 9.78 Å². The zero-order valence-electron chi connectivity index (χ0n) is 9.36. The maximum absolute atomic E-state index is 8.84. The van der Waals surface area contributed by atoms with Gasteiger partial charge < -0.3 is 4.74 Å². The van der Waals surface area contributed by atoms with Crippen LogP contribution in [0.5, 0.6) is 0 Å². The molecular weight excluding hydrogens is 200 g/mol. The first kappa shape index (κ1) is 11.3. The van der Waals surface area contributed by atoms with Gasteiger partial charge in [0, 0.05) is 25.4 Å². The van der Waals surface area contributed by atoms with Crippen LogP contribution in [0.2, 0.25) is 0 Å². The van der Waals surface area contributed by atoms with Crippen LogP contribution < -0.4 is 0 Å². The summed E-state index contributed by atoms with van der Waals surface area (Å²) in [5.41, 5.74) is 0. The van der Waals surface area contributed by atoms with Gasteiger partial charge >= 0.3 is 0 Å². The fraction of sp³-hybridized carbons (Fsp3) is 1.00. The lowest BCUT2D eigenvalue weighted by Gasteiger charge is -2.51. The quantitative estimate of drug-likeness (QED) is 0.567. The fourth-order valence-electron chi connectivity index (χ4n) is 2.51. The first-order chi connectivity index (χ1) is 7.06. The second kappa shape index (κ2) is 3.68. The molecule has 1 saturated heterocycles. The second-order valence-electron chi connectivity index (χ2n) is 4.67. The van der Waals surface area contributed by atoms with Crippen molar-refractivity contribution in [3.8, 4) is 0 Å². The van der Waals surface area contributed by atoms with E-state index in [4.69, 9.17) is 19.8 Å². The van der Waals surface area contributed by atoms with Crippen LogP contribution in [0.15, 0.2) is 0 Å². The number of fused-ring (bicyclic) bond motifs is 2. The van der Waals surface area contributed by atoms with Gasteiger partial charge in [0.25, 0.3) is 0 Å². The number of rotatable bonds is 2. The summed E-state index contributed by atoms with van der Waals surface area (Å²) in [6.07, 6.45) is 2.59. The summed E-state index contributed by atoms with van der Waals surface area (Å²) in [6, 6.07) is 0. The van der Waals surface area contributed by atoms with Crippen LogP contribution >= 0.6 is 0 Å². The predicted molar refractivity (Wildman–Crippen MR) is 50.5 cm³/mol. The van der Waals surface area contributed by atoms with Crippen molar-refractivity contribution in [3.63, 3.8) is 0 Å². The van der Waals surface area contributed by atoms with Crippen LogP contribution in [-0.2, 0) is 19.4 Å². The Labute approximate surface area is 89.1 Å². The smallest absolute Gasteiger partial charge is 0.234 e. The zero-order chi connectivity index (χ0) is 11.1. The standard InChI is InChI=1S/C10H18O5/c1-7-4-5-8-6-10(7,12-3)15-14-9(8,2)13-11/h7-8,11H,4-6H2,1-3H3/t7-,8+,9+,10-/m0/s1. The van der Waals surface area contributed by atoms with E-state index in [2.05, 4.69) is 11.8 Å². The molecule has 15 heavy (non-hydrogen) atoms. The van der Waals surface area contributed by atoms with Crippen LogP contribution in [0.3, 0.4) is 0 Å². The molecule has 2 rings (SSSR count). The van der Waals surface area contributed by atoms with Crippen molar-refractivity contribution in [3.05, 3.63) is 0 Å². The van der Waals surface area contributed by atoms with E-state index in [-0.39, 0.29) is 11.8 Å². The highest BCUT2D eigenvalue weighted by Gasteiger charge is 2.56. The maximum atomic E-state index is 8.84. The molecule has 5 heteroatoms. The minimum Gasteiger partial charge on any atom is -0.350 e. The van der Waals surface area contributed by atoms with Crippen LogP contribution in [0.4, 0.5) is 0 Å². The Morgan fingerprint density at radius 1 is 1.33 bits per heavy atom. The number of methoxy groups -OCH3 is 1. The van der Waals surface area contributed by atoms with Crippen LogP contribution in [-0.4, -0.2) is 23.9 Å². The molecule has 2 fully saturated rings. The summed E-state index contributed by atoms with van der Waals surface area (Å²) in [5.74, 6) is -1.38. The fourth-order valence-corrected chi connectivity index (χ4v) is 2.51. The Bertz CT molecular complexity index is 246. The van der Waals surface area contributed by atoms with Crippen molar-refractivity contribution in [1.82, 2.24) is 0 Å². The summed E-state index contributed by atoms with van der Waals surface area (Å²) in [5, 5.41) is 8.84. The van der Waals surface area contributed by atoms with Crippen LogP contribution in [0.1, 0.15) is 33.1 Å². The molecule has 0 unspecified atom stereocenters. The van der Waals surface area contributed by atoms with Crippen molar-refractivity contribution in [2.75, 3.05) is 7.11 Å². The Morgan fingerprint density at radius 3 is 2.67 bits per heavy atom. The first-order valence-electron chi connectivity index (χ1n) is 5.31. The lowest BCUT2D eigenvalue weighted by atomic mass is 9.74. The first-order valence-corrected chi connectivity index (χ1v) is 5.31. The molecule has 5 nitrogen and oxygen atoms in total. The van der Waals surface area contributed by atoms with E-state index in [1.54, 1.807) is 14.0 Å². The second-order valence-corrected chi connectivity index (χ2v) is 4.67. The summed E-state index contributed by atoms with van der Waals surface area (Å²) in [7, 11) is 1.62. The van der Waals surface area contributed by atoms with Gasteiger partial charge in [-0.05, 0) is 19.8 Å². The van der Waals surface area contributed by atoms with E-state index in [1.165, 1.54) is 0 Å². The highest BCUT2D eigenvalue weighted by atomic mass is 17.3. The van der Waals surface area contributed by atoms with E-state index in [9.17, 15) is 0 Å². The lowest BCUT2D eigenvalue weighted by Crippen LogP contribution is -2.58. The van der Waals surface area contributed by atoms with Crippen LogP contribution in [0, 0.1) is 11.8 Å². The maximum Gasteiger partial charge on any atom is 0.234 e. The zero-order valence-corrected chi connectivity index (χ0v) is 9.36. The molecule has 2 bridgehead atoms. The largest absolute Gasteiger partial charge is 0.350 e. The molecule has 4 atom stereocenters. The Kier molecular flexibility index (Phi) is 2.77. The molecule has 0 radical (unpaired) electrons. The summed E-state index contributed by atoms with van der Waals surface area (Å²) >= 11 is 0. The highest BCUT2D eigenvalue weighted by Crippen LogP contribution is 2.49. The van der Waals surface area contributed by atoms with Crippen LogP contribution in [0.25, 0.3) is 0 Å². The van der Waals surface area contributed by atoms with E-state index in [0.717, 1.165) is 12.8 Å². The predicted octanol–water partition coefficient (Wildman–Crippen LogP) is 1.93. The van der Waals surface area contributed by atoms with Gasteiger partial charge in [0.05, 0.1) is 0 Å². The van der Waals surface area contributed by atoms with Gasteiger partial charge in [-0.3, -0.25) is 0 Å². The average molecular weight is 218 g/mol. The Balaban J connectivity index is 2.20. The van der Waals surface area contributed by atoms with Gasteiger partial charge in [-0.25, -0.2) is 10.1 Å². The van der Waals surface area contributed by atoms with Crippen molar-refractivity contribution >= 4 is 0 Å². The van der Waals surface area contributed by atoms with E-state index >= 15 is 0 Å². The molecule has 0 aromatic carbocycles. The monoisotopic (exact) mass is 218 g/mol. The Hall–Kier alpha value is -0.200. The molecule has 1 aliphatic heterocycles. The number of hydrogen-bond donors (Lipinski definition) is 1. The van der Waals surface area contributed by atoms with Gasteiger partial charge in [0.2, 0.25) is 11.6 Å². The minimum absolute atomic E-state index is 0.0902. The lowest BCUT2D eigenvalue weighted by molar-refractivity contribution is -0.587. The summed E-state index contributed by atoms with van der Waals surface area (Å²) < 4.78 is 5.42. The van der Waals surface area contributed by atoms with Crippen molar-refractivity contribution in [2.24, 2.45) is 11.8 Å². The van der Waals surface area contributed by atoms with Crippen molar-refractivity contribution in [2.45, 2.75) is 44.7 Å². The molecule has 0 spiro atoms. The molecule has 1 saturated carbocycles. The molecule has 1 aliphatic carbocycles.